The summed E-state index contributed by atoms with van der Waals surface area (Å²) in [5, 5.41) is 0. The van der Waals surface area contributed by atoms with E-state index in [0.717, 1.165) is 35.5 Å². The van der Waals surface area contributed by atoms with Crippen LogP contribution in [0.1, 0.15) is 24.0 Å². The van der Waals surface area contributed by atoms with Crippen molar-refractivity contribution in [1.29, 1.82) is 0 Å². The van der Waals surface area contributed by atoms with Gasteiger partial charge in [0.1, 0.15) is 18.1 Å². The molecule has 0 radical (unpaired) electrons. The second-order valence-electron chi connectivity index (χ2n) is 8.23. The number of carbonyl (C=O) groups excluding carboxylic acids is 2. The van der Waals surface area contributed by atoms with E-state index >= 15 is 0 Å². The average molecular weight is 423 g/mol. The number of hydrogen-bond acceptors (Lipinski definition) is 4. The minimum atomic E-state index is -0.146. The number of nitrogens with zero attached hydrogens (tertiary/aromatic N) is 2. The van der Waals surface area contributed by atoms with Crippen LogP contribution < -0.4 is 9.47 Å². The van der Waals surface area contributed by atoms with Gasteiger partial charge in [-0.3, -0.25) is 9.59 Å². The van der Waals surface area contributed by atoms with Gasteiger partial charge in [0.2, 0.25) is 11.8 Å². The molecule has 0 aliphatic carbocycles. The highest BCUT2D eigenvalue weighted by Crippen LogP contribution is 2.28. The molecule has 0 spiro atoms. The maximum absolute atomic E-state index is 13.1. The highest BCUT2D eigenvalue weighted by Gasteiger charge is 2.31. The van der Waals surface area contributed by atoms with Gasteiger partial charge in [-0.2, -0.15) is 0 Å². The third-order valence-corrected chi connectivity index (χ3v) is 6.18. The summed E-state index contributed by atoms with van der Waals surface area (Å²) >= 11 is 0. The molecule has 4 rings (SSSR count). The molecule has 0 aromatic heterocycles. The van der Waals surface area contributed by atoms with Gasteiger partial charge >= 0.3 is 0 Å². The lowest BCUT2D eigenvalue weighted by molar-refractivity contribution is -0.137. The number of rotatable bonds is 5. The SMILES string of the molecule is COc1ccc(CCC(=O)N2CCCN(C(=O)[C@H]3COc4ccccc4C3)CC2)cc1. The molecule has 2 aliphatic rings. The van der Waals surface area contributed by atoms with E-state index in [4.69, 9.17) is 9.47 Å². The van der Waals surface area contributed by atoms with Crippen molar-refractivity contribution < 1.29 is 19.1 Å². The fraction of sp³-hybridized carbons (Fsp3) is 0.440. The first-order chi connectivity index (χ1) is 15.1. The van der Waals surface area contributed by atoms with E-state index in [-0.39, 0.29) is 17.7 Å². The molecule has 2 amide bonds. The lowest BCUT2D eigenvalue weighted by Crippen LogP contribution is -2.43. The molecule has 0 saturated carbocycles. The Morgan fingerprint density at radius 1 is 1.00 bits per heavy atom. The summed E-state index contributed by atoms with van der Waals surface area (Å²) in [5.74, 6) is 1.85. The van der Waals surface area contributed by atoms with Gasteiger partial charge in [0, 0.05) is 32.6 Å². The van der Waals surface area contributed by atoms with E-state index in [9.17, 15) is 9.59 Å². The van der Waals surface area contributed by atoms with Gasteiger partial charge in [0.25, 0.3) is 0 Å². The molecule has 0 unspecified atom stereocenters. The van der Waals surface area contributed by atoms with E-state index < -0.39 is 0 Å². The molecule has 6 nitrogen and oxygen atoms in total. The van der Waals surface area contributed by atoms with Crippen LogP contribution in [-0.4, -0.2) is 61.5 Å². The van der Waals surface area contributed by atoms with E-state index in [0.29, 0.717) is 45.6 Å². The van der Waals surface area contributed by atoms with Gasteiger partial charge in [-0.05, 0) is 48.6 Å². The van der Waals surface area contributed by atoms with Gasteiger partial charge in [0.15, 0.2) is 0 Å². The summed E-state index contributed by atoms with van der Waals surface area (Å²) in [6.45, 7) is 3.01. The van der Waals surface area contributed by atoms with Crippen LogP contribution in [0.15, 0.2) is 48.5 Å². The van der Waals surface area contributed by atoms with E-state index in [1.54, 1.807) is 7.11 Å². The third kappa shape index (κ3) is 5.19. The normalized spacial score (nSPS) is 18.5. The first-order valence-electron chi connectivity index (χ1n) is 11.0. The highest BCUT2D eigenvalue weighted by atomic mass is 16.5. The van der Waals surface area contributed by atoms with Crippen molar-refractivity contribution in [2.75, 3.05) is 39.9 Å². The number of benzene rings is 2. The van der Waals surface area contributed by atoms with E-state index in [1.807, 2.05) is 58.3 Å². The summed E-state index contributed by atoms with van der Waals surface area (Å²) < 4.78 is 11.0. The minimum Gasteiger partial charge on any atom is -0.497 e. The minimum absolute atomic E-state index is 0.141. The number of amides is 2. The van der Waals surface area contributed by atoms with Crippen LogP contribution in [0.3, 0.4) is 0 Å². The van der Waals surface area contributed by atoms with Gasteiger partial charge in [0.05, 0.1) is 13.0 Å². The van der Waals surface area contributed by atoms with Crippen molar-refractivity contribution in [1.82, 2.24) is 9.80 Å². The predicted molar refractivity (Wildman–Crippen MR) is 118 cm³/mol. The fourth-order valence-corrected chi connectivity index (χ4v) is 4.33. The van der Waals surface area contributed by atoms with E-state index in [1.165, 1.54) is 0 Å². The first-order valence-corrected chi connectivity index (χ1v) is 11.0. The van der Waals surface area contributed by atoms with Crippen molar-refractivity contribution in [2.45, 2.75) is 25.7 Å². The molecule has 2 aromatic rings. The van der Waals surface area contributed by atoms with E-state index in [2.05, 4.69) is 0 Å². The number of fused-ring (bicyclic) bond motifs is 1. The molecule has 2 aliphatic heterocycles. The van der Waals surface area contributed by atoms with Crippen LogP contribution in [0.5, 0.6) is 11.5 Å². The van der Waals surface area contributed by atoms with Gasteiger partial charge in [-0.1, -0.05) is 30.3 Å². The maximum atomic E-state index is 13.1. The number of aryl methyl sites for hydroxylation is 1. The largest absolute Gasteiger partial charge is 0.497 e. The summed E-state index contributed by atoms with van der Waals surface area (Å²) in [6.07, 6.45) is 2.72. The number of hydrogen-bond donors (Lipinski definition) is 0. The Morgan fingerprint density at radius 3 is 2.55 bits per heavy atom. The number of methoxy groups -OCH3 is 1. The average Bonchev–Trinajstić information content (AvgIpc) is 3.08. The molecular weight excluding hydrogens is 392 g/mol. The molecular formula is C25H30N2O4. The molecule has 2 aromatic carbocycles. The molecule has 1 atom stereocenters. The third-order valence-electron chi connectivity index (χ3n) is 6.18. The van der Waals surface area contributed by atoms with Crippen LogP contribution >= 0.6 is 0 Å². The summed E-state index contributed by atoms with van der Waals surface area (Å²) in [6, 6.07) is 15.8. The van der Waals surface area contributed by atoms with Crippen molar-refractivity contribution in [3.05, 3.63) is 59.7 Å². The molecule has 164 valence electrons. The molecule has 6 heteroatoms. The second kappa shape index (κ2) is 9.86. The Kier molecular flexibility index (Phi) is 6.75. The van der Waals surface area contributed by atoms with Gasteiger partial charge in [-0.15, -0.1) is 0 Å². The van der Waals surface area contributed by atoms with Crippen LogP contribution in [-0.2, 0) is 22.4 Å². The van der Waals surface area contributed by atoms with Crippen molar-refractivity contribution in [2.24, 2.45) is 5.92 Å². The quantitative estimate of drug-likeness (QED) is 0.743. The lowest BCUT2D eigenvalue weighted by atomic mass is 9.95. The smallest absolute Gasteiger partial charge is 0.229 e. The molecule has 31 heavy (non-hydrogen) atoms. The molecule has 0 bridgehead atoms. The van der Waals surface area contributed by atoms with Crippen molar-refractivity contribution >= 4 is 11.8 Å². The summed E-state index contributed by atoms with van der Waals surface area (Å²) in [5.41, 5.74) is 2.22. The molecule has 1 saturated heterocycles. The summed E-state index contributed by atoms with van der Waals surface area (Å²) in [4.78, 5) is 29.6. The summed E-state index contributed by atoms with van der Waals surface area (Å²) in [7, 11) is 1.64. The number of carbonyl (C=O) groups is 2. The molecule has 2 heterocycles. The molecule has 1 fully saturated rings. The topological polar surface area (TPSA) is 59.1 Å². The number of para-hydroxylation sites is 1. The predicted octanol–water partition coefficient (Wildman–Crippen LogP) is 2.94. The van der Waals surface area contributed by atoms with Crippen LogP contribution in [0.4, 0.5) is 0 Å². The van der Waals surface area contributed by atoms with Crippen molar-refractivity contribution in [3.63, 3.8) is 0 Å². The van der Waals surface area contributed by atoms with Gasteiger partial charge < -0.3 is 19.3 Å². The Balaban J connectivity index is 1.27. The number of ether oxygens (including phenoxy) is 2. The monoisotopic (exact) mass is 422 g/mol. The Hall–Kier alpha value is -3.02. The standard InChI is InChI=1S/C25H30N2O4/c1-30-22-10-7-19(8-11-22)9-12-24(28)26-13-4-14-27(16-15-26)25(29)21-17-20-5-2-3-6-23(20)31-18-21/h2-3,5-8,10-11,21H,4,9,12-18H2,1H3/t21-/m1/s1. The first kappa shape index (κ1) is 21.2. The van der Waals surface area contributed by atoms with Crippen LogP contribution in [0.25, 0.3) is 0 Å². The maximum Gasteiger partial charge on any atom is 0.229 e. The lowest BCUT2D eigenvalue weighted by Gasteiger charge is -2.29. The second-order valence-corrected chi connectivity index (χ2v) is 8.23. The Morgan fingerprint density at radius 2 is 1.74 bits per heavy atom. The zero-order chi connectivity index (χ0) is 21.6. The highest BCUT2D eigenvalue weighted by molar-refractivity contribution is 5.80. The Labute approximate surface area is 183 Å². The van der Waals surface area contributed by atoms with Crippen LogP contribution in [0.2, 0.25) is 0 Å². The van der Waals surface area contributed by atoms with Gasteiger partial charge in [-0.25, -0.2) is 0 Å². The zero-order valence-corrected chi connectivity index (χ0v) is 18.1. The zero-order valence-electron chi connectivity index (χ0n) is 18.1. The molecule has 0 N–H and O–H groups in total. The van der Waals surface area contributed by atoms with Crippen molar-refractivity contribution in [3.8, 4) is 11.5 Å². The van der Waals surface area contributed by atoms with Crippen LogP contribution in [0, 0.1) is 5.92 Å². The Bertz CT molecular complexity index is 912. The fourth-order valence-electron chi connectivity index (χ4n) is 4.33.